The monoisotopic (exact) mass is 313 g/mol. The lowest BCUT2D eigenvalue weighted by Gasteiger charge is -2.28. The molecule has 0 aromatic heterocycles. The van der Waals surface area contributed by atoms with Gasteiger partial charge in [0.25, 0.3) is 0 Å². The van der Waals surface area contributed by atoms with Gasteiger partial charge in [-0.1, -0.05) is 18.9 Å². The molecule has 1 aliphatic carbocycles. The van der Waals surface area contributed by atoms with E-state index >= 15 is 0 Å². The van der Waals surface area contributed by atoms with Gasteiger partial charge in [0.1, 0.15) is 11.7 Å². The summed E-state index contributed by atoms with van der Waals surface area (Å²) in [6, 6.07) is 3.55. The van der Waals surface area contributed by atoms with Gasteiger partial charge in [-0.2, -0.15) is 4.31 Å². The van der Waals surface area contributed by atoms with E-state index in [9.17, 15) is 12.8 Å². The Morgan fingerprint density at radius 3 is 2.62 bits per heavy atom. The summed E-state index contributed by atoms with van der Waals surface area (Å²) in [6.45, 7) is 1.48. The van der Waals surface area contributed by atoms with E-state index in [4.69, 9.17) is 11.1 Å². The fourth-order valence-electron chi connectivity index (χ4n) is 2.75. The number of benzene rings is 1. The molecule has 1 fully saturated rings. The van der Waals surface area contributed by atoms with E-state index in [2.05, 4.69) is 0 Å². The Morgan fingerprint density at radius 1 is 1.43 bits per heavy atom. The van der Waals surface area contributed by atoms with Crippen molar-refractivity contribution in [3.63, 3.8) is 0 Å². The average Bonchev–Trinajstić information content (AvgIpc) is 2.92. The van der Waals surface area contributed by atoms with Crippen LogP contribution in [-0.2, 0) is 10.0 Å². The number of nitrogens with one attached hydrogen (secondary N) is 1. The number of aryl methyl sites for hydroxylation is 1. The third-order valence-electron chi connectivity index (χ3n) is 3.79. The highest BCUT2D eigenvalue weighted by molar-refractivity contribution is 7.89. The molecule has 1 aromatic carbocycles. The van der Waals surface area contributed by atoms with E-state index in [1.165, 1.54) is 16.4 Å². The van der Waals surface area contributed by atoms with Gasteiger partial charge >= 0.3 is 0 Å². The molecule has 5 nitrogen and oxygen atoms in total. The highest BCUT2D eigenvalue weighted by Crippen LogP contribution is 2.29. The van der Waals surface area contributed by atoms with Crippen LogP contribution in [0.25, 0.3) is 0 Å². The lowest BCUT2D eigenvalue weighted by Crippen LogP contribution is -2.44. The van der Waals surface area contributed by atoms with Crippen LogP contribution in [0, 0.1) is 18.2 Å². The van der Waals surface area contributed by atoms with Crippen LogP contribution in [0.15, 0.2) is 23.1 Å². The van der Waals surface area contributed by atoms with Crippen LogP contribution in [0.5, 0.6) is 0 Å². The maximum atomic E-state index is 13.4. The lowest BCUT2D eigenvalue weighted by atomic mass is 10.2. The number of nitrogens with two attached hydrogens (primary N) is 1. The van der Waals surface area contributed by atoms with Gasteiger partial charge in [-0.3, -0.25) is 5.41 Å². The van der Waals surface area contributed by atoms with E-state index < -0.39 is 15.8 Å². The van der Waals surface area contributed by atoms with Crippen molar-refractivity contribution in [1.29, 1.82) is 5.41 Å². The zero-order valence-corrected chi connectivity index (χ0v) is 12.8. The highest BCUT2D eigenvalue weighted by Gasteiger charge is 2.34. The third-order valence-corrected chi connectivity index (χ3v) is 5.84. The molecule has 2 rings (SSSR count). The molecule has 0 amide bonds. The maximum absolute atomic E-state index is 13.4. The van der Waals surface area contributed by atoms with Crippen LogP contribution in [-0.4, -0.2) is 31.1 Å². The molecule has 0 heterocycles. The summed E-state index contributed by atoms with van der Waals surface area (Å²) in [6.07, 6.45) is 3.41. The fourth-order valence-corrected chi connectivity index (χ4v) is 4.65. The molecule has 7 heteroatoms. The van der Waals surface area contributed by atoms with E-state index in [1.807, 2.05) is 0 Å². The first-order chi connectivity index (χ1) is 9.82. The van der Waals surface area contributed by atoms with Crippen molar-refractivity contribution < 1.29 is 12.8 Å². The molecule has 3 N–H and O–H groups in total. The molecule has 0 spiro atoms. The normalized spacial score (nSPS) is 16.5. The molecule has 0 saturated heterocycles. The number of hydrogen-bond acceptors (Lipinski definition) is 3. The van der Waals surface area contributed by atoms with Crippen molar-refractivity contribution in [1.82, 2.24) is 4.31 Å². The first-order valence-corrected chi connectivity index (χ1v) is 8.37. The van der Waals surface area contributed by atoms with E-state index in [0.717, 1.165) is 31.7 Å². The van der Waals surface area contributed by atoms with Crippen molar-refractivity contribution in [2.45, 2.75) is 43.5 Å². The standard InChI is InChI=1S/C14H20FN3O2S/c1-10-6-7-11(15)8-13(10)21(19,20)18(9-14(16)17)12-4-2-3-5-12/h6-8,12H,2-5,9H2,1H3,(H3,16,17). The third kappa shape index (κ3) is 3.41. The first kappa shape index (κ1) is 15.9. The van der Waals surface area contributed by atoms with Crippen molar-refractivity contribution >= 4 is 15.9 Å². The number of nitrogens with zero attached hydrogens (tertiary/aromatic N) is 1. The molecule has 0 unspecified atom stereocenters. The summed E-state index contributed by atoms with van der Waals surface area (Å²) in [4.78, 5) is -0.0457. The quantitative estimate of drug-likeness (QED) is 0.644. The zero-order valence-electron chi connectivity index (χ0n) is 12.0. The summed E-state index contributed by atoms with van der Waals surface area (Å²) in [5.74, 6) is -0.798. The minimum Gasteiger partial charge on any atom is -0.387 e. The van der Waals surface area contributed by atoms with E-state index in [0.29, 0.717) is 5.56 Å². The Kier molecular flexibility index (Phi) is 4.63. The van der Waals surface area contributed by atoms with Crippen LogP contribution >= 0.6 is 0 Å². The summed E-state index contributed by atoms with van der Waals surface area (Å²) in [7, 11) is -3.86. The molecule has 0 radical (unpaired) electrons. The number of halogens is 1. The van der Waals surface area contributed by atoms with Gasteiger partial charge in [-0.05, 0) is 37.5 Å². The minimum absolute atomic E-state index is 0.0457. The van der Waals surface area contributed by atoms with Gasteiger partial charge in [-0.15, -0.1) is 0 Å². The van der Waals surface area contributed by atoms with Gasteiger partial charge in [-0.25, -0.2) is 12.8 Å². The molecular formula is C14H20FN3O2S. The molecule has 1 saturated carbocycles. The summed E-state index contributed by atoms with van der Waals surface area (Å²) < 4.78 is 40.4. The Balaban J connectivity index is 2.45. The maximum Gasteiger partial charge on any atom is 0.244 e. The highest BCUT2D eigenvalue weighted by atomic mass is 32.2. The predicted octanol–water partition coefficient (Wildman–Crippen LogP) is 2.00. The van der Waals surface area contributed by atoms with Crippen molar-refractivity contribution in [3.8, 4) is 0 Å². The van der Waals surface area contributed by atoms with Gasteiger partial charge in [0.05, 0.1) is 11.4 Å². The van der Waals surface area contributed by atoms with Gasteiger partial charge in [0.2, 0.25) is 10.0 Å². The minimum atomic E-state index is -3.86. The van der Waals surface area contributed by atoms with Crippen molar-refractivity contribution in [3.05, 3.63) is 29.6 Å². The molecule has 21 heavy (non-hydrogen) atoms. The molecule has 0 bridgehead atoms. The summed E-state index contributed by atoms with van der Waals surface area (Å²) in [5, 5.41) is 7.42. The van der Waals surface area contributed by atoms with Crippen LogP contribution < -0.4 is 5.73 Å². The number of rotatable bonds is 5. The van der Waals surface area contributed by atoms with Crippen LogP contribution in [0.3, 0.4) is 0 Å². The van der Waals surface area contributed by atoms with Crippen LogP contribution in [0.1, 0.15) is 31.2 Å². The first-order valence-electron chi connectivity index (χ1n) is 6.93. The summed E-state index contributed by atoms with van der Waals surface area (Å²) >= 11 is 0. The largest absolute Gasteiger partial charge is 0.387 e. The second kappa shape index (κ2) is 6.11. The van der Waals surface area contributed by atoms with Crippen molar-refractivity contribution in [2.24, 2.45) is 5.73 Å². The SMILES string of the molecule is Cc1ccc(F)cc1S(=O)(=O)N(CC(=N)N)C1CCCC1. The Labute approximate surface area is 124 Å². The molecule has 0 atom stereocenters. The Bertz CT molecular complexity index is 640. The second-order valence-corrected chi connectivity index (χ2v) is 7.28. The van der Waals surface area contributed by atoms with Crippen LogP contribution in [0.4, 0.5) is 4.39 Å². The molecule has 1 aromatic rings. The Hall–Kier alpha value is -1.47. The lowest BCUT2D eigenvalue weighted by molar-refractivity contribution is 0.353. The summed E-state index contributed by atoms with van der Waals surface area (Å²) in [5.41, 5.74) is 5.90. The average molecular weight is 313 g/mol. The van der Waals surface area contributed by atoms with Crippen molar-refractivity contribution in [2.75, 3.05) is 6.54 Å². The Morgan fingerprint density at radius 2 is 2.05 bits per heavy atom. The zero-order chi connectivity index (χ0) is 15.6. The van der Waals surface area contributed by atoms with Gasteiger partial charge in [0, 0.05) is 6.04 Å². The van der Waals surface area contributed by atoms with E-state index in [1.54, 1.807) is 6.92 Å². The number of sulfonamides is 1. The van der Waals surface area contributed by atoms with Crippen LogP contribution in [0.2, 0.25) is 0 Å². The molecule has 116 valence electrons. The van der Waals surface area contributed by atoms with E-state index in [-0.39, 0.29) is 23.3 Å². The molecule has 1 aliphatic rings. The smallest absolute Gasteiger partial charge is 0.244 e. The fraction of sp³-hybridized carbons (Fsp3) is 0.500. The number of amidine groups is 1. The predicted molar refractivity (Wildman–Crippen MR) is 79.2 cm³/mol. The number of hydrogen-bond donors (Lipinski definition) is 2. The molecule has 0 aliphatic heterocycles. The van der Waals surface area contributed by atoms with Gasteiger partial charge in [0.15, 0.2) is 0 Å². The second-order valence-electron chi connectivity index (χ2n) is 5.42. The topological polar surface area (TPSA) is 87.2 Å². The van der Waals surface area contributed by atoms with Gasteiger partial charge < -0.3 is 5.73 Å². The molecular weight excluding hydrogens is 293 g/mol.